The molecule has 1 aromatic carbocycles. The van der Waals surface area contributed by atoms with Crippen LogP contribution < -0.4 is 5.32 Å². The summed E-state index contributed by atoms with van der Waals surface area (Å²) in [6.07, 6.45) is 9.87. The number of carbonyl (C=O) groups excluding carboxylic acids is 2. The Kier molecular flexibility index (Phi) is 8.38. The molecule has 1 aliphatic carbocycles. The first-order valence-corrected chi connectivity index (χ1v) is 12.1. The first-order chi connectivity index (χ1) is 14.5. The van der Waals surface area contributed by atoms with Gasteiger partial charge in [-0.2, -0.15) is 0 Å². The number of rotatable bonds is 8. The fourth-order valence-electron chi connectivity index (χ4n) is 4.53. The number of unbranched alkanes of at least 4 members (excludes halogenated alkanes) is 1. The van der Waals surface area contributed by atoms with Gasteiger partial charge in [0.1, 0.15) is 5.69 Å². The number of fused-ring (bicyclic) bond motifs is 1. The van der Waals surface area contributed by atoms with Crippen molar-refractivity contribution in [3.8, 4) is 0 Å². The molecule has 164 valence electrons. The Morgan fingerprint density at radius 3 is 2.40 bits per heavy atom. The average Bonchev–Trinajstić information content (AvgIpc) is 3.04. The number of Topliss-reactive ketones (excluding diaryl/α,β-unsaturated/α-hetero) is 1. The van der Waals surface area contributed by atoms with Crippen LogP contribution in [0.15, 0.2) is 24.3 Å². The lowest BCUT2D eigenvalue weighted by atomic mass is 9.95. The van der Waals surface area contributed by atoms with Crippen LogP contribution >= 0.6 is 11.6 Å². The number of nitrogens with zero attached hydrogens (tertiary/aromatic N) is 1. The summed E-state index contributed by atoms with van der Waals surface area (Å²) in [5.74, 6) is 0.359. The molecule has 1 aromatic heterocycles. The van der Waals surface area contributed by atoms with Gasteiger partial charge in [0.2, 0.25) is 0 Å². The monoisotopic (exact) mass is 430 g/mol. The number of aromatic nitrogens is 1. The van der Waals surface area contributed by atoms with Crippen LogP contribution in [0.1, 0.15) is 92.5 Å². The molecule has 0 atom stereocenters. The maximum atomic E-state index is 13.6. The normalized spacial score (nSPS) is 15.9. The Morgan fingerprint density at radius 2 is 1.73 bits per heavy atom. The van der Waals surface area contributed by atoms with Crippen LogP contribution in [0.2, 0.25) is 0 Å². The summed E-state index contributed by atoms with van der Waals surface area (Å²) in [6, 6.07) is 8.09. The van der Waals surface area contributed by atoms with Gasteiger partial charge in [-0.15, -0.1) is 11.6 Å². The second-order valence-electron chi connectivity index (χ2n) is 8.82. The summed E-state index contributed by atoms with van der Waals surface area (Å²) >= 11 is 5.90. The molecule has 4 nitrogen and oxygen atoms in total. The van der Waals surface area contributed by atoms with Crippen LogP contribution in [0.25, 0.3) is 10.9 Å². The van der Waals surface area contributed by atoms with Crippen molar-refractivity contribution in [1.29, 1.82) is 0 Å². The molecule has 1 heterocycles. The molecule has 0 bridgehead atoms. The number of para-hydroxylation sites is 1. The maximum Gasteiger partial charge on any atom is 0.268 e. The number of hydrogen-bond acceptors (Lipinski definition) is 2. The lowest BCUT2D eigenvalue weighted by Crippen LogP contribution is -2.37. The van der Waals surface area contributed by atoms with Gasteiger partial charge in [-0.05, 0) is 31.7 Å². The van der Waals surface area contributed by atoms with Crippen molar-refractivity contribution < 1.29 is 9.59 Å². The van der Waals surface area contributed by atoms with Crippen LogP contribution in [0, 0.1) is 5.92 Å². The quantitative estimate of drug-likeness (QED) is 0.301. The van der Waals surface area contributed by atoms with Crippen molar-refractivity contribution in [2.75, 3.05) is 5.88 Å². The molecule has 1 N–H and O–H groups in total. The highest BCUT2D eigenvalue weighted by molar-refractivity contribution is 6.18. The zero-order valence-corrected chi connectivity index (χ0v) is 19.1. The van der Waals surface area contributed by atoms with Crippen LogP contribution in [-0.4, -0.2) is 28.2 Å². The summed E-state index contributed by atoms with van der Waals surface area (Å²) in [7, 11) is 0. The minimum absolute atomic E-state index is 0.0325. The van der Waals surface area contributed by atoms with Gasteiger partial charge >= 0.3 is 0 Å². The zero-order valence-electron chi connectivity index (χ0n) is 18.4. The molecular formula is C25H35ClN2O2. The van der Waals surface area contributed by atoms with E-state index in [2.05, 4.69) is 9.88 Å². The molecule has 0 unspecified atom stereocenters. The highest BCUT2D eigenvalue weighted by atomic mass is 35.5. The van der Waals surface area contributed by atoms with E-state index in [1.807, 2.05) is 38.1 Å². The van der Waals surface area contributed by atoms with Crippen LogP contribution in [0.4, 0.5) is 0 Å². The van der Waals surface area contributed by atoms with Crippen LogP contribution in [0.5, 0.6) is 0 Å². The van der Waals surface area contributed by atoms with Gasteiger partial charge in [-0.25, -0.2) is 0 Å². The predicted molar refractivity (Wildman–Crippen MR) is 125 cm³/mol. The number of halogens is 1. The van der Waals surface area contributed by atoms with Crippen molar-refractivity contribution in [1.82, 2.24) is 9.88 Å². The van der Waals surface area contributed by atoms with Crippen molar-refractivity contribution in [2.24, 2.45) is 5.92 Å². The number of alkyl halides is 1. The van der Waals surface area contributed by atoms with E-state index in [1.54, 1.807) is 0 Å². The number of aryl methyl sites for hydroxylation is 1. The molecule has 3 rings (SSSR count). The molecule has 2 aromatic rings. The van der Waals surface area contributed by atoms with E-state index in [1.165, 1.54) is 19.3 Å². The minimum atomic E-state index is -0.167. The Hall–Kier alpha value is -1.81. The molecule has 0 saturated heterocycles. The number of benzene rings is 1. The second-order valence-corrected chi connectivity index (χ2v) is 9.20. The fourth-order valence-corrected chi connectivity index (χ4v) is 4.72. The number of nitrogens with one attached hydrogen (secondary N) is 1. The topological polar surface area (TPSA) is 51.1 Å². The molecule has 1 aliphatic rings. The van der Waals surface area contributed by atoms with E-state index < -0.39 is 0 Å². The number of ketones is 1. The fraction of sp³-hybridized carbons (Fsp3) is 0.600. The number of carbonyl (C=O) groups is 2. The van der Waals surface area contributed by atoms with E-state index in [4.69, 9.17) is 11.6 Å². The van der Waals surface area contributed by atoms with Gasteiger partial charge in [0.05, 0.1) is 5.56 Å². The molecule has 1 saturated carbocycles. The van der Waals surface area contributed by atoms with E-state index in [0.29, 0.717) is 23.7 Å². The third kappa shape index (κ3) is 5.26. The standard InChI is InChI=1S/C25H35ClN2O2/c1-18(2)24(29)22-20-14-8-9-15-21(20)28(17-11-10-16-26)23(22)25(30)27-19-12-6-4-3-5-7-13-19/h8-9,14-15,18-19H,3-7,10-13,16-17H2,1-2H3,(H,27,30). The van der Waals surface area contributed by atoms with Gasteiger partial charge in [-0.3, -0.25) is 9.59 Å². The molecule has 0 spiro atoms. The maximum absolute atomic E-state index is 13.6. The third-order valence-electron chi connectivity index (χ3n) is 6.16. The zero-order chi connectivity index (χ0) is 21.5. The molecule has 1 fully saturated rings. The van der Waals surface area contributed by atoms with E-state index in [-0.39, 0.29) is 23.7 Å². The minimum Gasteiger partial charge on any atom is -0.348 e. The third-order valence-corrected chi connectivity index (χ3v) is 6.43. The summed E-state index contributed by atoms with van der Waals surface area (Å²) in [6.45, 7) is 4.49. The van der Waals surface area contributed by atoms with E-state index in [9.17, 15) is 9.59 Å². The molecule has 1 amide bonds. The van der Waals surface area contributed by atoms with Crippen LogP contribution in [-0.2, 0) is 6.54 Å². The SMILES string of the molecule is CC(C)C(=O)c1c(C(=O)NC2CCCCCCC2)n(CCCCCl)c2ccccc12. The predicted octanol–water partition coefficient (Wildman–Crippen LogP) is 6.34. The second kappa shape index (κ2) is 11.0. The summed E-state index contributed by atoms with van der Waals surface area (Å²) in [4.78, 5) is 26.8. The molecule has 5 heteroatoms. The van der Waals surface area contributed by atoms with Gasteiger partial charge in [0, 0.05) is 35.3 Å². The molecule has 30 heavy (non-hydrogen) atoms. The smallest absolute Gasteiger partial charge is 0.268 e. The van der Waals surface area contributed by atoms with Crippen LogP contribution in [0.3, 0.4) is 0 Å². The molecular weight excluding hydrogens is 396 g/mol. The number of hydrogen-bond donors (Lipinski definition) is 1. The van der Waals surface area contributed by atoms with E-state index >= 15 is 0 Å². The van der Waals surface area contributed by atoms with E-state index in [0.717, 1.165) is 49.4 Å². The Morgan fingerprint density at radius 1 is 1.07 bits per heavy atom. The average molecular weight is 431 g/mol. The molecule has 0 aliphatic heterocycles. The molecule has 0 radical (unpaired) electrons. The summed E-state index contributed by atoms with van der Waals surface area (Å²) < 4.78 is 2.05. The van der Waals surface area contributed by atoms with Gasteiger partial charge < -0.3 is 9.88 Å². The summed E-state index contributed by atoms with van der Waals surface area (Å²) in [5.41, 5.74) is 2.07. The van der Waals surface area contributed by atoms with Crippen molar-refractivity contribution >= 4 is 34.2 Å². The number of amides is 1. The van der Waals surface area contributed by atoms with Crippen molar-refractivity contribution in [3.63, 3.8) is 0 Å². The first kappa shape index (κ1) is 22.9. The Balaban J connectivity index is 2.02. The first-order valence-electron chi connectivity index (χ1n) is 11.6. The largest absolute Gasteiger partial charge is 0.348 e. The lowest BCUT2D eigenvalue weighted by Gasteiger charge is -2.22. The Bertz CT molecular complexity index is 863. The van der Waals surface area contributed by atoms with Crippen molar-refractivity contribution in [3.05, 3.63) is 35.5 Å². The summed E-state index contributed by atoms with van der Waals surface area (Å²) in [5, 5.41) is 4.17. The Labute approximate surface area is 185 Å². The van der Waals surface area contributed by atoms with Gasteiger partial charge in [-0.1, -0.05) is 64.2 Å². The van der Waals surface area contributed by atoms with Gasteiger partial charge in [0.15, 0.2) is 5.78 Å². The highest BCUT2D eigenvalue weighted by Gasteiger charge is 2.29. The lowest BCUT2D eigenvalue weighted by molar-refractivity contribution is 0.0894. The van der Waals surface area contributed by atoms with Crippen molar-refractivity contribution in [2.45, 2.75) is 84.2 Å². The van der Waals surface area contributed by atoms with Gasteiger partial charge in [0.25, 0.3) is 5.91 Å². The highest BCUT2D eigenvalue weighted by Crippen LogP contribution is 2.30.